The van der Waals surface area contributed by atoms with E-state index in [1.807, 2.05) is 0 Å². The molecule has 1 saturated carbocycles. The Bertz CT molecular complexity index is 328. The molecule has 4 heteroatoms. The molecule has 2 aliphatic rings. The first-order chi connectivity index (χ1) is 9.62. The van der Waals surface area contributed by atoms with Crippen LogP contribution >= 0.6 is 0 Å². The van der Waals surface area contributed by atoms with Crippen molar-refractivity contribution in [2.45, 2.75) is 70.5 Å². The molecule has 20 heavy (non-hydrogen) atoms. The monoisotopic (exact) mass is 282 g/mol. The molecule has 2 rings (SSSR count). The van der Waals surface area contributed by atoms with Gasteiger partial charge in [-0.1, -0.05) is 19.8 Å². The van der Waals surface area contributed by atoms with Gasteiger partial charge in [0.1, 0.15) is 0 Å². The Morgan fingerprint density at radius 1 is 1.35 bits per heavy atom. The third kappa shape index (κ3) is 3.17. The molecule has 1 aliphatic carbocycles. The van der Waals surface area contributed by atoms with Crippen LogP contribution in [-0.4, -0.2) is 42.8 Å². The van der Waals surface area contributed by atoms with E-state index >= 15 is 0 Å². The number of ether oxygens (including phenoxy) is 1. The topological polar surface area (TPSA) is 41.6 Å². The second-order valence-electron chi connectivity index (χ2n) is 6.52. The second-order valence-corrected chi connectivity index (χ2v) is 6.52. The molecule has 0 aromatic heterocycles. The number of nitrogens with one attached hydrogen (secondary N) is 1. The summed E-state index contributed by atoms with van der Waals surface area (Å²) in [5.74, 6) is 0.948. The number of amides is 1. The molecule has 1 N–H and O–H groups in total. The smallest absolute Gasteiger partial charge is 0.243 e. The number of hydrogen-bond donors (Lipinski definition) is 1. The first-order valence-corrected chi connectivity index (χ1v) is 8.20. The zero-order valence-corrected chi connectivity index (χ0v) is 13.3. The van der Waals surface area contributed by atoms with Crippen LogP contribution in [0.15, 0.2) is 0 Å². The highest BCUT2D eigenvalue weighted by Crippen LogP contribution is 2.35. The summed E-state index contributed by atoms with van der Waals surface area (Å²) in [6.07, 6.45) is 8.35. The summed E-state index contributed by atoms with van der Waals surface area (Å²) in [6.45, 7) is 5.82. The van der Waals surface area contributed by atoms with Crippen LogP contribution in [-0.2, 0) is 9.53 Å². The number of rotatable bonds is 7. The van der Waals surface area contributed by atoms with E-state index in [-0.39, 0.29) is 11.7 Å². The Hall–Kier alpha value is -0.610. The van der Waals surface area contributed by atoms with Gasteiger partial charge in [0.15, 0.2) is 0 Å². The molecule has 0 aromatic rings. The van der Waals surface area contributed by atoms with Crippen molar-refractivity contribution in [1.82, 2.24) is 10.2 Å². The summed E-state index contributed by atoms with van der Waals surface area (Å²) in [6, 6.07) is 0. The van der Waals surface area contributed by atoms with Crippen molar-refractivity contribution in [3.05, 3.63) is 0 Å². The van der Waals surface area contributed by atoms with Gasteiger partial charge in [0.25, 0.3) is 0 Å². The average Bonchev–Trinajstić information content (AvgIpc) is 3.05. The van der Waals surface area contributed by atoms with Gasteiger partial charge in [-0.25, -0.2) is 0 Å². The van der Waals surface area contributed by atoms with Crippen LogP contribution in [0, 0.1) is 5.92 Å². The Morgan fingerprint density at radius 3 is 2.65 bits per heavy atom. The van der Waals surface area contributed by atoms with Crippen LogP contribution in [0.3, 0.4) is 0 Å². The molecule has 0 spiro atoms. The summed E-state index contributed by atoms with van der Waals surface area (Å²) >= 11 is 0. The maximum atomic E-state index is 12.7. The molecule has 0 bridgehead atoms. The van der Waals surface area contributed by atoms with E-state index < -0.39 is 0 Å². The van der Waals surface area contributed by atoms with Gasteiger partial charge in [0, 0.05) is 20.3 Å². The fraction of sp³-hybridized carbons (Fsp3) is 0.938. The molecule has 1 aliphatic heterocycles. The van der Waals surface area contributed by atoms with Crippen LogP contribution in [0.25, 0.3) is 0 Å². The lowest BCUT2D eigenvalue weighted by Gasteiger charge is -2.29. The van der Waals surface area contributed by atoms with Crippen molar-refractivity contribution in [3.8, 4) is 0 Å². The quantitative estimate of drug-likeness (QED) is 0.730. The second kappa shape index (κ2) is 6.90. The van der Waals surface area contributed by atoms with Gasteiger partial charge in [-0.3, -0.25) is 10.1 Å². The lowest BCUT2D eigenvalue weighted by Crippen LogP contribution is -2.45. The number of hydrogen-bond acceptors (Lipinski definition) is 3. The van der Waals surface area contributed by atoms with E-state index in [0.29, 0.717) is 11.8 Å². The molecule has 1 heterocycles. The molecule has 116 valence electrons. The van der Waals surface area contributed by atoms with Crippen molar-refractivity contribution >= 4 is 5.91 Å². The maximum Gasteiger partial charge on any atom is 0.243 e. The van der Waals surface area contributed by atoms with E-state index in [9.17, 15) is 4.79 Å². The first kappa shape index (κ1) is 15.8. The molecular weight excluding hydrogens is 252 g/mol. The lowest BCUT2D eigenvalue weighted by molar-refractivity contribution is -0.133. The molecule has 2 atom stereocenters. The molecule has 0 aromatic carbocycles. The summed E-state index contributed by atoms with van der Waals surface area (Å²) in [7, 11) is 1.73. The molecule has 0 radical (unpaired) electrons. The van der Waals surface area contributed by atoms with Gasteiger partial charge in [-0.2, -0.15) is 0 Å². The minimum atomic E-state index is -0.353. The molecule has 2 unspecified atom stereocenters. The van der Waals surface area contributed by atoms with Gasteiger partial charge in [0.2, 0.25) is 5.91 Å². The number of methoxy groups -OCH3 is 1. The number of carbonyl (C=O) groups excluding carboxylic acids is 1. The molecule has 2 fully saturated rings. The highest BCUT2D eigenvalue weighted by Gasteiger charge is 2.48. The molecule has 1 amide bonds. The standard InChI is InChI=1S/C16H30N2O2/c1-4-16(2)15(19)18(11-7-8-12-20-3)14(17-16)13-9-5-6-10-13/h13-14,17H,4-12H2,1-3H3. The fourth-order valence-electron chi connectivity index (χ4n) is 3.58. The number of carbonyl (C=O) groups is 1. The van der Waals surface area contributed by atoms with E-state index in [2.05, 4.69) is 24.1 Å². The highest BCUT2D eigenvalue weighted by atomic mass is 16.5. The van der Waals surface area contributed by atoms with Gasteiger partial charge in [-0.15, -0.1) is 0 Å². The lowest BCUT2D eigenvalue weighted by atomic mass is 9.99. The Kier molecular flexibility index (Phi) is 5.44. The van der Waals surface area contributed by atoms with E-state index in [1.54, 1.807) is 7.11 Å². The minimum absolute atomic E-state index is 0.262. The average molecular weight is 282 g/mol. The highest BCUT2D eigenvalue weighted by molar-refractivity contribution is 5.88. The summed E-state index contributed by atoms with van der Waals surface area (Å²) < 4.78 is 5.10. The van der Waals surface area contributed by atoms with Crippen LogP contribution in [0.5, 0.6) is 0 Å². The first-order valence-electron chi connectivity index (χ1n) is 8.20. The van der Waals surface area contributed by atoms with E-state index in [4.69, 9.17) is 4.74 Å². The van der Waals surface area contributed by atoms with Crippen LogP contribution in [0.1, 0.15) is 58.8 Å². The maximum absolute atomic E-state index is 12.7. The number of nitrogens with zero attached hydrogens (tertiary/aromatic N) is 1. The Balaban J connectivity index is 2.00. The predicted molar refractivity (Wildman–Crippen MR) is 80.4 cm³/mol. The summed E-state index contributed by atoms with van der Waals surface area (Å²) in [4.78, 5) is 14.8. The van der Waals surface area contributed by atoms with E-state index in [1.165, 1.54) is 25.7 Å². The minimum Gasteiger partial charge on any atom is -0.385 e. The summed E-state index contributed by atoms with van der Waals surface area (Å²) in [5, 5.41) is 3.64. The Morgan fingerprint density at radius 2 is 2.05 bits per heavy atom. The van der Waals surface area contributed by atoms with Crippen molar-refractivity contribution in [1.29, 1.82) is 0 Å². The van der Waals surface area contributed by atoms with Gasteiger partial charge in [0.05, 0.1) is 11.7 Å². The fourth-order valence-corrected chi connectivity index (χ4v) is 3.58. The SMILES string of the molecule is CCC1(C)NC(C2CCCC2)N(CCCCOC)C1=O. The third-order valence-corrected chi connectivity index (χ3v) is 5.09. The zero-order chi connectivity index (χ0) is 14.6. The van der Waals surface area contributed by atoms with Crippen molar-refractivity contribution < 1.29 is 9.53 Å². The zero-order valence-electron chi connectivity index (χ0n) is 13.3. The van der Waals surface area contributed by atoms with Crippen LogP contribution in [0.2, 0.25) is 0 Å². The Labute approximate surface area is 123 Å². The molecular formula is C16H30N2O2. The molecule has 4 nitrogen and oxygen atoms in total. The van der Waals surface area contributed by atoms with Gasteiger partial charge >= 0.3 is 0 Å². The van der Waals surface area contributed by atoms with Gasteiger partial charge in [-0.05, 0) is 44.9 Å². The van der Waals surface area contributed by atoms with Crippen LogP contribution in [0.4, 0.5) is 0 Å². The molecule has 1 saturated heterocycles. The largest absolute Gasteiger partial charge is 0.385 e. The van der Waals surface area contributed by atoms with Crippen molar-refractivity contribution in [2.75, 3.05) is 20.3 Å². The van der Waals surface area contributed by atoms with E-state index in [0.717, 1.165) is 32.4 Å². The van der Waals surface area contributed by atoms with Crippen molar-refractivity contribution in [3.63, 3.8) is 0 Å². The van der Waals surface area contributed by atoms with Crippen molar-refractivity contribution in [2.24, 2.45) is 5.92 Å². The predicted octanol–water partition coefficient (Wildman–Crippen LogP) is 2.53. The third-order valence-electron chi connectivity index (χ3n) is 5.09. The van der Waals surface area contributed by atoms with Crippen LogP contribution < -0.4 is 5.32 Å². The normalized spacial score (nSPS) is 31.4. The van der Waals surface area contributed by atoms with Gasteiger partial charge < -0.3 is 9.64 Å². The summed E-state index contributed by atoms with van der Waals surface area (Å²) in [5.41, 5.74) is -0.353. The number of unbranched alkanes of at least 4 members (excludes halogenated alkanes) is 1.